The summed E-state index contributed by atoms with van der Waals surface area (Å²) in [6.07, 6.45) is 0.792. The summed E-state index contributed by atoms with van der Waals surface area (Å²) in [6, 6.07) is 9.18. The summed E-state index contributed by atoms with van der Waals surface area (Å²) < 4.78 is 9.61. The molecule has 1 heterocycles. The zero-order valence-corrected chi connectivity index (χ0v) is 13.5. The Bertz CT molecular complexity index is 724. The third kappa shape index (κ3) is 5.18. The number of ether oxygens (including phenoxy) is 1. The van der Waals surface area contributed by atoms with Gasteiger partial charge >= 0.3 is 17.8 Å². The van der Waals surface area contributed by atoms with E-state index < -0.39 is 23.9 Å². The Morgan fingerprint density at radius 1 is 1.16 bits per heavy atom. The van der Waals surface area contributed by atoms with E-state index in [1.807, 2.05) is 0 Å². The van der Waals surface area contributed by atoms with Crippen molar-refractivity contribution >= 4 is 23.5 Å². The number of benzene rings is 1. The van der Waals surface area contributed by atoms with Gasteiger partial charge in [0, 0.05) is 12.2 Å². The number of rotatable bonds is 6. The van der Waals surface area contributed by atoms with Gasteiger partial charge in [-0.3, -0.25) is 9.59 Å². The zero-order chi connectivity index (χ0) is 18.2. The number of amides is 2. The van der Waals surface area contributed by atoms with E-state index in [0.717, 1.165) is 0 Å². The fraction of sp³-hybridized carbons (Fsp3) is 0.235. The molecule has 2 amide bonds. The molecule has 1 aromatic heterocycles. The molecule has 0 radical (unpaired) electrons. The molecule has 132 valence electrons. The Morgan fingerprint density at radius 2 is 1.88 bits per heavy atom. The Balaban J connectivity index is 1.78. The van der Waals surface area contributed by atoms with Crippen LogP contribution < -0.4 is 10.6 Å². The van der Waals surface area contributed by atoms with E-state index in [4.69, 9.17) is 4.42 Å². The third-order valence-corrected chi connectivity index (χ3v) is 3.35. The molecular formula is C17H18N2O6. The van der Waals surface area contributed by atoms with Crippen LogP contribution in [0, 0.1) is 0 Å². The maximum Gasteiger partial charge on any atom is 0.337 e. The highest BCUT2D eigenvalue weighted by molar-refractivity contribution is 6.39. The second kappa shape index (κ2) is 8.65. The number of hydrogen-bond acceptors (Lipinski definition) is 6. The molecule has 0 aliphatic rings. The molecule has 0 saturated carbocycles. The predicted octanol–water partition coefficient (Wildman–Crippen LogP) is 1.24. The number of esters is 1. The molecule has 0 aliphatic heterocycles. The van der Waals surface area contributed by atoms with E-state index in [0.29, 0.717) is 17.0 Å². The average molecular weight is 346 g/mol. The number of aliphatic hydroxyl groups is 1. The van der Waals surface area contributed by atoms with Crippen molar-refractivity contribution in [3.63, 3.8) is 0 Å². The summed E-state index contributed by atoms with van der Waals surface area (Å²) in [5.41, 5.74) is 0.695. The van der Waals surface area contributed by atoms with Crippen LogP contribution in [0.25, 0.3) is 0 Å². The lowest BCUT2D eigenvalue weighted by Crippen LogP contribution is -2.36. The zero-order valence-electron chi connectivity index (χ0n) is 13.5. The number of carbonyl (C=O) groups excluding carboxylic acids is 3. The quantitative estimate of drug-likeness (QED) is 0.535. The lowest BCUT2D eigenvalue weighted by Gasteiger charge is -2.09. The molecular weight excluding hydrogens is 328 g/mol. The molecule has 1 aromatic carbocycles. The maximum atomic E-state index is 11.8. The fourth-order valence-electron chi connectivity index (χ4n) is 2.02. The Labute approximate surface area is 143 Å². The van der Waals surface area contributed by atoms with Crippen LogP contribution in [0.15, 0.2) is 47.1 Å². The van der Waals surface area contributed by atoms with Crippen LogP contribution in [0.1, 0.15) is 28.6 Å². The number of anilines is 1. The van der Waals surface area contributed by atoms with Crippen molar-refractivity contribution in [2.75, 3.05) is 19.0 Å². The molecule has 0 saturated heterocycles. The van der Waals surface area contributed by atoms with Gasteiger partial charge in [0.2, 0.25) is 0 Å². The van der Waals surface area contributed by atoms with Crippen molar-refractivity contribution in [2.24, 2.45) is 0 Å². The third-order valence-electron chi connectivity index (χ3n) is 3.35. The molecule has 3 N–H and O–H groups in total. The highest BCUT2D eigenvalue weighted by Gasteiger charge is 2.15. The minimum absolute atomic E-state index is 0.107. The molecule has 8 nitrogen and oxygen atoms in total. The lowest BCUT2D eigenvalue weighted by atomic mass is 10.2. The van der Waals surface area contributed by atoms with Crippen molar-refractivity contribution in [3.8, 4) is 0 Å². The Kier molecular flexibility index (Phi) is 6.30. The number of methoxy groups -OCH3 is 1. The largest absolute Gasteiger partial charge is 0.467 e. The molecule has 0 spiro atoms. The maximum absolute atomic E-state index is 11.8. The van der Waals surface area contributed by atoms with E-state index in [2.05, 4.69) is 15.4 Å². The van der Waals surface area contributed by atoms with Crippen LogP contribution in [0.5, 0.6) is 0 Å². The summed E-state index contributed by atoms with van der Waals surface area (Å²) in [4.78, 5) is 34.8. The van der Waals surface area contributed by atoms with Crippen LogP contribution in [-0.2, 0) is 14.3 Å². The van der Waals surface area contributed by atoms with E-state index in [-0.39, 0.29) is 13.0 Å². The first-order valence-electron chi connectivity index (χ1n) is 7.50. The van der Waals surface area contributed by atoms with Crippen LogP contribution in [0.3, 0.4) is 0 Å². The smallest absolute Gasteiger partial charge is 0.337 e. The Hall–Kier alpha value is -3.13. The van der Waals surface area contributed by atoms with E-state index in [9.17, 15) is 19.5 Å². The van der Waals surface area contributed by atoms with Crippen molar-refractivity contribution in [1.29, 1.82) is 0 Å². The normalized spacial score (nSPS) is 11.4. The average Bonchev–Trinajstić information content (AvgIpc) is 3.16. The van der Waals surface area contributed by atoms with Crippen LogP contribution in [-0.4, -0.2) is 36.5 Å². The van der Waals surface area contributed by atoms with Gasteiger partial charge in [-0.1, -0.05) is 0 Å². The SMILES string of the molecule is COC(=O)c1ccc(NC(=O)C(=O)NCC[C@@H](O)c2ccco2)cc1. The molecule has 0 aliphatic carbocycles. The topological polar surface area (TPSA) is 118 Å². The van der Waals surface area contributed by atoms with Gasteiger partial charge in [0.25, 0.3) is 0 Å². The highest BCUT2D eigenvalue weighted by atomic mass is 16.5. The summed E-state index contributed by atoms with van der Waals surface area (Å²) in [5, 5.41) is 14.6. The molecule has 2 aromatic rings. The molecule has 0 unspecified atom stereocenters. The van der Waals surface area contributed by atoms with E-state index >= 15 is 0 Å². The molecule has 0 bridgehead atoms. The molecule has 8 heteroatoms. The minimum atomic E-state index is -0.857. The van der Waals surface area contributed by atoms with Gasteiger partial charge in [-0.05, 0) is 42.8 Å². The second-order valence-corrected chi connectivity index (χ2v) is 5.10. The molecule has 1 atom stereocenters. The van der Waals surface area contributed by atoms with Gasteiger partial charge in [0.15, 0.2) is 0 Å². The standard InChI is InChI=1S/C17H18N2O6/c1-24-17(23)11-4-6-12(7-5-11)19-16(22)15(21)18-9-8-13(20)14-3-2-10-25-14/h2-7,10,13,20H,8-9H2,1H3,(H,18,21)(H,19,22)/t13-/m1/s1. The molecule has 2 rings (SSSR count). The summed E-state index contributed by atoms with van der Waals surface area (Å²) in [6.45, 7) is 0.107. The predicted molar refractivity (Wildman–Crippen MR) is 87.7 cm³/mol. The van der Waals surface area contributed by atoms with Crippen LogP contribution >= 0.6 is 0 Å². The summed E-state index contributed by atoms with van der Waals surface area (Å²) in [7, 11) is 1.27. The number of furan rings is 1. The van der Waals surface area contributed by atoms with Crippen molar-refractivity contribution in [3.05, 3.63) is 54.0 Å². The van der Waals surface area contributed by atoms with E-state index in [1.165, 1.54) is 37.6 Å². The first-order valence-corrected chi connectivity index (χ1v) is 7.50. The fourth-order valence-corrected chi connectivity index (χ4v) is 2.02. The van der Waals surface area contributed by atoms with Crippen molar-refractivity contribution < 1.29 is 28.6 Å². The van der Waals surface area contributed by atoms with E-state index in [1.54, 1.807) is 12.1 Å². The lowest BCUT2D eigenvalue weighted by molar-refractivity contribution is -0.136. The van der Waals surface area contributed by atoms with Crippen LogP contribution in [0.4, 0.5) is 5.69 Å². The Morgan fingerprint density at radius 3 is 2.48 bits per heavy atom. The van der Waals surface area contributed by atoms with Crippen molar-refractivity contribution in [2.45, 2.75) is 12.5 Å². The van der Waals surface area contributed by atoms with Gasteiger partial charge in [-0.15, -0.1) is 0 Å². The van der Waals surface area contributed by atoms with Gasteiger partial charge in [0.05, 0.1) is 18.9 Å². The first-order chi connectivity index (χ1) is 12.0. The number of hydrogen-bond donors (Lipinski definition) is 3. The van der Waals surface area contributed by atoms with Gasteiger partial charge in [-0.2, -0.15) is 0 Å². The van der Waals surface area contributed by atoms with Crippen LogP contribution in [0.2, 0.25) is 0 Å². The summed E-state index contributed by atoms with van der Waals surface area (Å²) in [5.74, 6) is -1.78. The minimum Gasteiger partial charge on any atom is -0.467 e. The number of aliphatic hydroxyl groups excluding tert-OH is 1. The first kappa shape index (κ1) is 18.2. The number of carbonyl (C=O) groups is 3. The highest BCUT2D eigenvalue weighted by Crippen LogP contribution is 2.15. The molecule has 0 fully saturated rings. The molecule has 25 heavy (non-hydrogen) atoms. The second-order valence-electron chi connectivity index (χ2n) is 5.10. The van der Waals surface area contributed by atoms with Gasteiger partial charge in [-0.25, -0.2) is 4.79 Å². The van der Waals surface area contributed by atoms with Crippen molar-refractivity contribution in [1.82, 2.24) is 5.32 Å². The number of nitrogens with one attached hydrogen (secondary N) is 2. The van der Waals surface area contributed by atoms with Gasteiger partial charge in [0.1, 0.15) is 11.9 Å². The van der Waals surface area contributed by atoms with Gasteiger partial charge < -0.3 is 24.9 Å². The monoisotopic (exact) mass is 346 g/mol. The summed E-state index contributed by atoms with van der Waals surface area (Å²) >= 11 is 0.